The monoisotopic (exact) mass is 305 g/mol. The molecule has 0 N–H and O–H groups in total. The van der Waals surface area contributed by atoms with Gasteiger partial charge in [0.1, 0.15) is 0 Å². The normalized spacial score (nSPS) is 23.2. The Morgan fingerprint density at radius 2 is 1.90 bits per heavy atom. The van der Waals surface area contributed by atoms with Gasteiger partial charge < -0.3 is 4.90 Å². The average Bonchev–Trinajstić information content (AvgIpc) is 3.19. The van der Waals surface area contributed by atoms with E-state index in [2.05, 4.69) is 0 Å². The summed E-state index contributed by atoms with van der Waals surface area (Å²) in [6.07, 6.45) is 3.44. The van der Waals surface area contributed by atoms with Crippen LogP contribution in [0.3, 0.4) is 0 Å². The quantitative estimate of drug-likeness (QED) is 0.861. The molecule has 1 atom stereocenters. The maximum Gasteiger partial charge on any atom is 0.230 e. The van der Waals surface area contributed by atoms with Crippen LogP contribution in [-0.4, -0.2) is 26.1 Å². The average molecular weight is 305 g/mol. The van der Waals surface area contributed by atoms with Gasteiger partial charge >= 0.3 is 0 Å². The molecule has 0 spiro atoms. The molecule has 1 saturated carbocycles. The van der Waals surface area contributed by atoms with Gasteiger partial charge in [0.25, 0.3) is 0 Å². The Hall–Kier alpha value is -1.62. The van der Waals surface area contributed by atoms with Crippen LogP contribution in [0.5, 0.6) is 0 Å². The summed E-state index contributed by atoms with van der Waals surface area (Å²) in [6, 6.07) is 5.46. The molecule has 2 aliphatic rings. The van der Waals surface area contributed by atoms with Crippen LogP contribution in [0.4, 0.5) is 5.69 Å². The molecule has 112 valence electrons. The molecule has 0 saturated heterocycles. The Balaban J connectivity index is 1.98. The van der Waals surface area contributed by atoms with Crippen molar-refractivity contribution < 1.29 is 13.2 Å². The fraction of sp³-hybridized carbons (Fsp3) is 0.438. The first kappa shape index (κ1) is 14.3. The predicted octanol–water partition coefficient (Wildman–Crippen LogP) is 2.36. The van der Waals surface area contributed by atoms with E-state index in [1.807, 2.05) is 32.0 Å². The summed E-state index contributed by atoms with van der Waals surface area (Å²) in [6.45, 7) is 4.02. The zero-order valence-electron chi connectivity index (χ0n) is 12.2. The maximum absolute atomic E-state index is 12.6. The molecule has 3 rings (SSSR count). The number of amides is 1. The van der Waals surface area contributed by atoms with Crippen LogP contribution < -0.4 is 4.90 Å². The highest BCUT2D eigenvalue weighted by molar-refractivity contribution is 7.94. The van der Waals surface area contributed by atoms with Crippen molar-refractivity contribution in [3.05, 3.63) is 40.8 Å². The highest BCUT2D eigenvalue weighted by Gasteiger charge is 2.39. The molecule has 4 nitrogen and oxygen atoms in total. The van der Waals surface area contributed by atoms with Crippen LogP contribution >= 0.6 is 0 Å². The second-order valence-electron chi connectivity index (χ2n) is 5.98. The number of nitrogens with zero attached hydrogens (tertiary/aromatic N) is 1. The maximum atomic E-state index is 12.6. The number of aryl methyl sites for hydroxylation is 2. The van der Waals surface area contributed by atoms with Crippen LogP contribution in [0.25, 0.3) is 0 Å². The van der Waals surface area contributed by atoms with Crippen molar-refractivity contribution in [2.45, 2.75) is 32.7 Å². The second kappa shape index (κ2) is 4.98. The van der Waals surface area contributed by atoms with Crippen LogP contribution in [0.1, 0.15) is 24.0 Å². The summed E-state index contributed by atoms with van der Waals surface area (Å²) in [4.78, 5) is 14.3. The molecule has 1 aromatic rings. The van der Waals surface area contributed by atoms with Crippen LogP contribution in [0.2, 0.25) is 0 Å². The van der Waals surface area contributed by atoms with Crippen molar-refractivity contribution in [2.24, 2.45) is 5.92 Å². The SMILES string of the molecule is Cc1ccc(N(C(=O)C2CC2)[C@@H]2C=CS(=O)(=O)C2)cc1C. The molecule has 1 heterocycles. The van der Waals surface area contributed by atoms with Crippen molar-refractivity contribution in [1.82, 2.24) is 0 Å². The van der Waals surface area contributed by atoms with Gasteiger partial charge in [-0.2, -0.15) is 0 Å². The number of rotatable bonds is 3. The van der Waals surface area contributed by atoms with Crippen LogP contribution in [-0.2, 0) is 14.6 Å². The topological polar surface area (TPSA) is 54.5 Å². The predicted molar refractivity (Wildman–Crippen MR) is 82.8 cm³/mol. The van der Waals surface area contributed by atoms with E-state index in [0.717, 1.165) is 29.7 Å². The van der Waals surface area contributed by atoms with Gasteiger partial charge in [0.15, 0.2) is 9.84 Å². The molecule has 21 heavy (non-hydrogen) atoms. The largest absolute Gasteiger partial charge is 0.304 e. The van der Waals surface area contributed by atoms with E-state index in [0.29, 0.717) is 0 Å². The smallest absolute Gasteiger partial charge is 0.230 e. The third-order valence-electron chi connectivity index (χ3n) is 4.18. The zero-order chi connectivity index (χ0) is 15.2. The first-order chi connectivity index (χ1) is 9.87. The molecule has 1 amide bonds. The van der Waals surface area contributed by atoms with Crippen LogP contribution in [0.15, 0.2) is 29.7 Å². The molecule has 1 aliphatic heterocycles. The van der Waals surface area contributed by atoms with Gasteiger partial charge in [-0.15, -0.1) is 0 Å². The molecule has 0 aromatic heterocycles. The number of carbonyl (C=O) groups is 1. The summed E-state index contributed by atoms with van der Waals surface area (Å²) < 4.78 is 23.4. The lowest BCUT2D eigenvalue weighted by atomic mass is 10.1. The summed E-state index contributed by atoms with van der Waals surface area (Å²) in [5, 5.41) is 1.23. The highest BCUT2D eigenvalue weighted by atomic mass is 32.2. The van der Waals surface area contributed by atoms with Gasteiger partial charge in [0.2, 0.25) is 5.91 Å². The van der Waals surface area contributed by atoms with Crippen molar-refractivity contribution in [3.63, 3.8) is 0 Å². The summed E-state index contributed by atoms with van der Waals surface area (Å²) in [5.41, 5.74) is 3.06. The fourth-order valence-electron chi connectivity index (χ4n) is 2.60. The molecular weight excluding hydrogens is 286 g/mol. The minimum Gasteiger partial charge on any atom is -0.304 e. The van der Waals surface area contributed by atoms with Crippen LogP contribution in [0, 0.1) is 19.8 Å². The fourth-order valence-corrected chi connectivity index (χ4v) is 3.87. The van der Waals surface area contributed by atoms with Crippen molar-refractivity contribution in [1.29, 1.82) is 0 Å². The number of benzene rings is 1. The highest BCUT2D eigenvalue weighted by Crippen LogP contribution is 2.35. The van der Waals surface area contributed by atoms with Gasteiger partial charge in [0, 0.05) is 17.0 Å². The first-order valence-electron chi connectivity index (χ1n) is 7.19. The van der Waals surface area contributed by atoms with E-state index in [-0.39, 0.29) is 23.6 Å². The molecule has 5 heteroatoms. The Labute approximate surface area is 125 Å². The number of anilines is 1. The Kier molecular flexibility index (Phi) is 3.40. The van der Waals surface area contributed by atoms with Gasteiger partial charge in [-0.05, 0) is 56.0 Å². The Bertz CT molecular complexity index is 717. The zero-order valence-corrected chi connectivity index (χ0v) is 13.1. The van der Waals surface area contributed by atoms with Gasteiger partial charge in [-0.3, -0.25) is 4.79 Å². The molecule has 1 aromatic carbocycles. The van der Waals surface area contributed by atoms with Crippen molar-refractivity contribution in [2.75, 3.05) is 10.7 Å². The minimum absolute atomic E-state index is 0.0155. The van der Waals surface area contributed by atoms with Crippen molar-refractivity contribution in [3.8, 4) is 0 Å². The molecule has 0 bridgehead atoms. The van der Waals surface area contributed by atoms with E-state index >= 15 is 0 Å². The van der Waals surface area contributed by atoms with Gasteiger partial charge in [0.05, 0.1) is 11.8 Å². The number of hydrogen-bond acceptors (Lipinski definition) is 3. The summed E-state index contributed by atoms with van der Waals surface area (Å²) >= 11 is 0. The minimum atomic E-state index is -3.18. The van der Waals surface area contributed by atoms with E-state index < -0.39 is 9.84 Å². The standard InChI is InChI=1S/C16H19NO3S/c1-11-3-6-14(9-12(11)2)17(16(18)13-4-5-13)15-7-8-21(19,20)10-15/h3,6-9,13,15H,4-5,10H2,1-2H3/t15-/m1/s1. The molecule has 0 radical (unpaired) electrons. The Morgan fingerprint density at radius 3 is 2.43 bits per heavy atom. The summed E-state index contributed by atoms with van der Waals surface area (Å²) in [7, 11) is -3.18. The van der Waals surface area contributed by atoms with E-state index in [1.165, 1.54) is 5.41 Å². The first-order valence-corrected chi connectivity index (χ1v) is 8.90. The Morgan fingerprint density at radius 1 is 1.19 bits per heavy atom. The number of hydrogen-bond donors (Lipinski definition) is 0. The van der Waals surface area contributed by atoms with E-state index in [1.54, 1.807) is 11.0 Å². The molecule has 1 aliphatic carbocycles. The number of carbonyl (C=O) groups excluding carboxylic acids is 1. The third kappa shape index (κ3) is 2.88. The lowest BCUT2D eigenvalue weighted by molar-refractivity contribution is -0.120. The lowest BCUT2D eigenvalue weighted by Crippen LogP contribution is -2.42. The third-order valence-corrected chi connectivity index (χ3v) is 5.55. The number of sulfone groups is 1. The van der Waals surface area contributed by atoms with Gasteiger partial charge in [-0.1, -0.05) is 6.07 Å². The van der Waals surface area contributed by atoms with Crippen molar-refractivity contribution >= 4 is 21.4 Å². The van der Waals surface area contributed by atoms with Gasteiger partial charge in [-0.25, -0.2) is 8.42 Å². The lowest BCUT2D eigenvalue weighted by Gasteiger charge is -2.28. The molecular formula is C16H19NO3S. The second-order valence-corrected chi connectivity index (χ2v) is 7.91. The van der Waals surface area contributed by atoms with E-state index in [9.17, 15) is 13.2 Å². The molecule has 0 unspecified atom stereocenters. The summed E-state index contributed by atoms with van der Waals surface area (Å²) in [5.74, 6) is 0.0894. The molecule has 1 fully saturated rings. The van der Waals surface area contributed by atoms with E-state index in [4.69, 9.17) is 0 Å².